The highest BCUT2D eigenvalue weighted by Crippen LogP contribution is 2.57. The molecule has 0 atom stereocenters. The van der Waals surface area contributed by atoms with E-state index in [9.17, 15) is 0 Å². The van der Waals surface area contributed by atoms with Crippen LogP contribution >= 0.6 is 14.1 Å². The Kier molecular flexibility index (Phi) is 2.91. The van der Waals surface area contributed by atoms with E-state index < -0.39 is 14.1 Å². The monoisotopic (exact) mass is 215 g/mol. The van der Waals surface area contributed by atoms with Crippen molar-refractivity contribution in [1.29, 1.82) is 0 Å². The van der Waals surface area contributed by atoms with Crippen LogP contribution in [0.25, 0.3) is 0 Å². The summed E-state index contributed by atoms with van der Waals surface area (Å²) in [7, 11) is -0.966. The van der Waals surface area contributed by atoms with Gasteiger partial charge in [0.05, 0.1) is 25.4 Å². The van der Waals surface area contributed by atoms with Gasteiger partial charge in [0.15, 0.2) is 0 Å². The van der Waals surface area contributed by atoms with Gasteiger partial charge in [-0.1, -0.05) is 0 Å². The topological polar surface area (TPSA) is 12.4 Å². The molecule has 3 heteroatoms. The van der Waals surface area contributed by atoms with Gasteiger partial charge in [-0.15, -0.1) is 13.1 Å². The molecule has 0 saturated heterocycles. The maximum Gasteiger partial charge on any atom is 0.0748 e. The lowest BCUT2D eigenvalue weighted by molar-refractivity contribution is 1.54. The molecule has 1 rings (SSSR count). The third-order valence-corrected chi connectivity index (χ3v) is 5.08. The predicted octanol–water partition coefficient (Wildman–Crippen LogP) is 2.70. The highest BCUT2D eigenvalue weighted by molar-refractivity contribution is 7.78. The largest absolute Gasteiger partial charge is 0.337 e. The van der Waals surface area contributed by atoms with Crippen LogP contribution in [0.1, 0.15) is 0 Å². The Balaban J connectivity index is 3.11. The van der Waals surface area contributed by atoms with Crippen molar-refractivity contribution in [3.63, 3.8) is 0 Å². The zero-order valence-electron chi connectivity index (χ0n) is 9.42. The van der Waals surface area contributed by atoms with Crippen LogP contribution in [0, 0.1) is 6.08 Å². The fourth-order valence-corrected chi connectivity index (χ4v) is 2.78. The van der Waals surface area contributed by atoms with Crippen molar-refractivity contribution >= 4 is 25.7 Å². The molecule has 1 nitrogen and oxygen atoms in total. The Labute approximate surface area is 82.7 Å². The second-order valence-corrected chi connectivity index (χ2v) is 14.1. The van der Waals surface area contributed by atoms with E-state index in [-0.39, 0.29) is 0 Å². The number of hydrogen-bond acceptors (Lipinski definition) is 1. The summed E-state index contributed by atoms with van der Waals surface area (Å²) in [6, 6.07) is 0. The van der Waals surface area contributed by atoms with E-state index in [0.717, 1.165) is 0 Å². The van der Waals surface area contributed by atoms with Gasteiger partial charge in [0, 0.05) is 7.26 Å². The lowest BCUT2D eigenvalue weighted by Crippen LogP contribution is -1.95. The molecule has 13 heavy (non-hydrogen) atoms. The first-order valence-electron chi connectivity index (χ1n) is 4.40. The molecule has 0 aromatic rings. The molecular weight excluding hydrogens is 196 g/mol. The van der Waals surface area contributed by atoms with E-state index >= 15 is 0 Å². The van der Waals surface area contributed by atoms with Crippen LogP contribution in [0.2, 0.25) is 0 Å². The van der Waals surface area contributed by atoms with Crippen molar-refractivity contribution in [2.45, 2.75) is 0 Å². The second kappa shape index (κ2) is 3.37. The Morgan fingerprint density at radius 1 is 1.23 bits per heavy atom. The van der Waals surface area contributed by atoms with Gasteiger partial charge < -0.3 is 4.99 Å². The normalized spacial score (nSPS) is 18.0. The molecule has 0 bridgehead atoms. The summed E-state index contributed by atoms with van der Waals surface area (Å²) in [4.78, 5) is 4.48. The van der Waals surface area contributed by atoms with Gasteiger partial charge in [-0.3, -0.25) is 0 Å². The zero-order valence-corrected chi connectivity index (χ0v) is 11.2. The fourth-order valence-electron chi connectivity index (χ4n) is 0.983. The van der Waals surface area contributed by atoms with E-state index in [1.54, 1.807) is 0 Å². The van der Waals surface area contributed by atoms with Crippen LogP contribution < -0.4 is 0 Å². The van der Waals surface area contributed by atoms with Gasteiger partial charge in [-0.05, 0) is 20.0 Å². The maximum absolute atomic E-state index is 4.48. The second-order valence-electron chi connectivity index (χ2n) is 5.12. The minimum Gasteiger partial charge on any atom is -0.337 e. The smallest absolute Gasteiger partial charge is 0.0748 e. The SMILES string of the molecule is CP(C)(C)=C1[C-]=C([P+](C)(C)C)N=C1. The summed E-state index contributed by atoms with van der Waals surface area (Å²) in [5.74, 6) is 0. The van der Waals surface area contributed by atoms with Crippen LogP contribution in [-0.2, 0) is 0 Å². The highest BCUT2D eigenvalue weighted by atomic mass is 31.2. The molecule has 0 fully saturated rings. The van der Waals surface area contributed by atoms with Crippen molar-refractivity contribution < 1.29 is 0 Å². The summed E-state index contributed by atoms with van der Waals surface area (Å²) in [5, 5.41) is 1.34. The molecule has 0 spiro atoms. The molecule has 0 aliphatic carbocycles. The molecule has 74 valence electrons. The molecular formula is C10H19NP2. The lowest BCUT2D eigenvalue weighted by atomic mass is 10.5. The summed E-state index contributed by atoms with van der Waals surface area (Å²) >= 11 is 0. The summed E-state index contributed by atoms with van der Waals surface area (Å²) in [6.45, 7) is 12.9. The van der Waals surface area contributed by atoms with Crippen molar-refractivity contribution in [2.75, 3.05) is 40.0 Å². The molecule has 0 saturated carbocycles. The van der Waals surface area contributed by atoms with E-state index in [1.165, 1.54) is 10.7 Å². The van der Waals surface area contributed by atoms with E-state index in [2.05, 4.69) is 51.1 Å². The zero-order chi connectivity index (χ0) is 10.3. The third-order valence-electron chi connectivity index (χ3n) is 1.91. The quantitative estimate of drug-likeness (QED) is 0.471. The minimum atomic E-state index is -0.966. The molecule has 0 aromatic carbocycles. The molecule has 1 aliphatic rings. The standard InChI is InChI=1S/C10H19NP2/c1-12(2,3)9-7-10(11-8-9)13(4,5)6/h8H,1-6H3. The third kappa shape index (κ3) is 2.79. The van der Waals surface area contributed by atoms with Crippen LogP contribution in [0.15, 0.2) is 10.4 Å². The lowest BCUT2D eigenvalue weighted by Gasteiger charge is -2.16. The van der Waals surface area contributed by atoms with Crippen LogP contribution in [0.4, 0.5) is 0 Å². The van der Waals surface area contributed by atoms with Gasteiger partial charge in [-0.2, -0.15) is 11.4 Å². The molecule has 0 aromatic heterocycles. The molecule has 0 amide bonds. The van der Waals surface area contributed by atoms with Gasteiger partial charge in [0.2, 0.25) is 0 Å². The Bertz CT molecular complexity index is 315. The number of nitrogens with zero attached hydrogens (tertiary/aromatic N) is 1. The average molecular weight is 215 g/mol. The molecule has 1 heterocycles. The molecule has 0 unspecified atom stereocenters. The Morgan fingerprint density at radius 3 is 2.00 bits per heavy atom. The van der Waals surface area contributed by atoms with Crippen LogP contribution in [0.3, 0.4) is 0 Å². The van der Waals surface area contributed by atoms with Crippen molar-refractivity contribution in [3.8, 4) is 0 Å². The minimum absolute atomic E-state index is 0.917. The predicted molar refractivity (Wildman–Crippen MR) is 69.6 cm³/mol. The fraction of sp³-hybridized carbons (Fsp3) is 0.600. The summed E-state index contributed by atoms with van der Waals surface area (Å²) in [6.07, 6.45) is 5.50. The van der Waals surface area contributed by atoms with Crippen molar-refractivity contribution in [3.05, 3.63) is 11.5 Å². The number of allylic oxidation sites excluding steroid dienone is 1. The van der Waals surface area contributed by atoms with Gasteiger partial charge in [-0.25, -0.2) is 0 Å². The first kappa shape index (κ1) is 11.2. The van der Waals surface area contributed by atoms with Crippen molar-refractivity contribution in [1.82, 2.24) is 0 Å². The van der Waals surface area contributed by atoms with Gasteiger partial charge in [0.1, 0.15) is 0 Å². The van der Waals surface area contributed by atoms with Crippen LogP contribution in [0.5, 0.6) is 0 Å². The summed E-state index contributed by atoms with van der Waals surface area (Å²) in [5.41, 5.74) is 1.21. The van der Waals surface area contributed by atoms with Crippen molar-refractivity contribution in [2.24, 2.45) is 4.99 Å². The van der Waals surface area contributed by atoms with E-state index in [1.807, 2.05) is 6.21 Å². The highest BCUT2D eigenvalue weighted by Gasteiger charge is 2.21. The van der Waals surface area contributed by atoms with E-state index in [4.69, 9.17) is 0 Å². The number of rotatable bonds is 1. The number of aliphatic imine (C=N–C) groups is 1. The summed E-state index contributed by atoms with van der Waals surface area (Å²) < 4.78 is 0. The molecule has 0 radical (unpaired) electrons. The van der Waals surface area contributed by atoms with E-state index in [0.29, 0.717) is 0 Å². The number of hydrogen-bond donors (Lipinski definition) is 0. The molecule has 1 aliphatic heterocycles. The Hall–Kier alpha value is 0.140. The first-order valence-corrected chi connectivity index (χ1v) is 10.7. The Morgan fingerprint density at radius 2 is 1.77 bits per heavy atom. The van der Waals surface area contributed by atoms with Crippen LogP contribution in [-0.4, -0.2) is 51.5 Å². The average Bonchev–Trinajstić information content (AvgIpc) is 2.28. The van der Waals surface area contributed by atoms with Gasteiger partial charge in [0.25, 0.3) is 0 Å². The van der Waals surface area contributed by atoms with Gasteiger partial charge >= 0.3 is 0 Å². The first-order chi connectivity index (χ1) is 5.71. The maximum atomic E-state index is 4.48. The molecule has 0 N–H and O–H groups in total.